The number of piperidine rings is 1. The summed E-state index contributed by atoms with van der Waals surface area (Å²) < 4.78 is 34.5. The summed E-state index contributed by atoms with van der Waals surface area (Å²) in [5.74, 6) is -1.12. The fourth-order valence-electron chi connectivity index (χ4n) is 4.74. The number of benzene rings is 2. The van der Waals surface area contributed by atoms with Crippen molar-refractivity contribution in [2.75, 3.05) is 33.3 Å². The van der Waals surface area contributed by atoms with Gasteiger partial charge in [-0.25, -0.2) is 13.8 Å². The van der Waals surface area contributed by atoms with Crippen molar-refractivity contribution in [2.24, 2.45) is 0 Å². The zero-order valence-corrected chi connectivity index (χ0v) is 22.0. The number of aliphatic hydroxyl groups is 1. The van der Waals surface area contributed by atoms with Crippen LogP contribution in [0.25, 0.3) is 11.8 Å². The Morgan fingerprint density at radius 1 is 1.21 bits per heavy atom. The average Bonchev–Trinajstić information content (AvgIpc) is 3.32. The van der Waals surface area contributed by atoms with Gasteiger partial charge in [-0.15, -0.1) is 0 Å². The molecule has 202 valence electrons. The highest BCUT2D eigenvalue weighted by atomic mass is 19.2. The Bertz CT molecular complexity index is 1300. The molecular formula is C29H34F2N4O3. The van der Waals surface area contributed by atoms with Crippen LogP contribution in [0.15, 0.2) is 54.5 Å². The number of aryl methyl sites for hydroxylation is 1. The van der Waals surface area contributed by atoms with Crippen molar-refractivity contribution >= 4 is 12.0 Å². The number of likely N-dealkylation sites (tertiary alicyclic amines) is 1. The lowest BCUT2D eigenvalue weighted by molar-refractivity contribution is -0.128. The van der Waals surface area contributed by atoms with E-state index in [2.05, 4.69) is 4.98 Å². The molecule has 9 heteroatoms. The largest absolute Gasteiger partial charge is 0.495 e. The van der Waals surface area contributed by atoms with Gasteiger partial charge in [-0.05, 0) is 68.2 Å². The summed E-state index contributed by atoms with van der Waals surface area (Å²) in [6.45, 7) is 5.91. The number of carbonyl (C=O) groups excluding carboxylic acids is 1. The zero-order valence-electron chi connectivity index (χ0n) is 22.0. The molecule has 4 rings (SSSR count). The SMILES string of the molecule is COc1cc(/C=C2\CCCN(CCN(Cc3ccc(F)c(F)c3)C[C@H](C)O)C2=O)ccc1-n1cnc(C)c1. The molecule has 1 fully saturated rings. The Hall–Kier alpha value is -3.56. The average molecular weight is 525 g/mol. The first-order chi connectivity index (χ1) is 18.2. The molecule has 1 aromatic heterocycles. The number of carbonyl (C=O) groups is 1. The number of amides is 1. The molecule has 2 aromatic carbocycles. The molecule has 1 N–H and O–H groups in total. The van der Waals surface area contributed by atoms with E-state index >= 15 is 0 Å². The fraction of sp³-hybridized carbons (Fsp3) is 0.379. The Morgan fingerprint density at radius 3 is 2.71 bits per heavy atom. The van der Waals surface area contributed by atoms with Gasteiger partial charge in [0.15, 0.2) is 11.6 Å². The lowest BCUT2D eigenvalue weighted by atomic mass is 10.0. The molecule has 1 amide bonds. The second-order valence-electron chi connectivity index (χ2n) is 9.75. The minimum absolute atomic E-state index is 0.0191. The summed E-state index contributed by atoms with van der Waals surface area (Å²) in [7, 11) is 1.62. The molecule has 2 heterocycles. The number of ether oxygens (including phenoxy) is 1. The van der Waals surface area contributed by atoms with Crippen LogP contribution >= 0.6 is 0 Å². The zero-order chi connectivity index (χ0) is 27.2. The molecule has 0 saturated carbocycles. The predicted octanol–water partition coefficient (Wildman–Crippen LogP) is 4.36. The highest BCUT2D eigenvalue weighted by Crippen LogP contribution is 2.27. The number of aliphatic hydroxyl groups excluding tert-OH is 1. The van der Waals surface area contributed by atoms with E-state index in [-0.39, 0.29) is 5.91 Å². The smallest absolute Gasteiger partial charge is 0.249 e. The van der Waals surface area contributed by atoms with Gasteiger partial charge in [-0.2, -0.15) is 0 Å². The molecule has 0 aliphatic carbocycles. The van der Waals surface area contributed by atoms with E-state index < -0.39 is 17.7 Å². The number of rotatable bonds is 10. The summed E-state index contributed by atoms with van der Waals surface area (Å²) in [4.78, 5) is 21.3. The minimum Gasteiger partial charge on any atom is -0.495 e. The molecule has 0 bridgehead atoms. The third-order valence-electron chi connectivity index (χ3n) is 6.57. The van der Waals surface area contributed by atoms with Crippen LogP contribution in [0.1, 0.15) is 36.6 Å². The van der Waals surface area contributed by atoms with Gasteiger partial charge in [-0.3, -0.25) is 9.69 Å². The van der Waals surface area contributed by atoms with E-state index in [9.17, 15) is 18.7 Å². The number of nitrogens with zero attached hydrogens (tertiary/aromatic N) is 4. The van der Waals surface area contributed by atoms with Gasteiger partial charge in [0, 0.05) is 44.5 Å². The summed E-state index contributed by atoms with van der Waals surface area (Å²) in [5, 5.41) is 9.95. The van der Waals surface area contributed by atoms with Gasteiger partial charge < -0.3 is 19.3 Å². The second-order valence-corrected chi connectivity index (χ2v) is 9.75. The first kappa shape index (κ1) is 27.5. The molecule has 0 spiro atoms. The Balaban J connectivity index is 1.45. The lowest BCUT2D eigenvalue weighted by Gasteiger charge is -2.32. The van der Waals surface area contributed by atoms with E-state index in [1.165, 1.54) is 12.1 Å². The minimum atomic E-state index is -0.898. The number of halogens is 2. The third-order valence-corrected chi connectivity index (χ3v) is 6.57. The van der Waals surface area contributed by atoms with Gasteiger partial charge in [0.05, 0.1) is 30.9 Å². The molecule has 1 atom stereocenters. The van der Waals surface area contributed by atoms with Crippen LogP contribution in [0.3, 0.4) is 0 Å². The van der Waals surface area contributed by atoms with Crippen LogP contribution in [-0.2, 0) is 11.3 Å². The summed E-state index contributed by atoms with van der Waals surface area (Å²) in [6.07, 6.45) is 6.51. The Labute approximate surface area is 222 Å². The molecular weight excluding hydrogens is 490 g/mol. The Kier molecular flexibility index (Phi) is 8.91. The highest BCUT2D eigenvalue weighted by Gasteiger charge is 2.24. The first-order valence-corrected chi connectivity index (χ1v) is 12.8. The van der Waals surface area contributed by atoms with Crippen LogP contribution < -0.4 is 4.74 Å². The van der Waals surface area contributed by atoms with Gasteiger partial charge in [0.1, 0.15) is 5.75 Å². The van der Waals surface area contributed by atoms with Crippen LogP contribution in [-0.4, -0.2) is 69.8 Å². The second kappa shape index (κ2) is 12.3. The van der Waals surface area contributed by atoms with E-state index in [4.69, 9.17) is 4.74 Å². The maximum atomic E-state index is 13.7. The molecule has 0 radical (unpaired) electrons. The summed E-state index contributed by atoms with van der Waals surface area (Å²) in [6, 6.07) is 9.63. The van der Waals surface area contributed by atoms with E-state index in [0.29, 0.717) is 50.5 Å². The van der Waals surface area contributed by atoms with Crippen LogP contribution in [0.2, 0.25) is 0 Å². The van der Waals surface area contributed by atoms with Gasteiger partial charge in [0.2, 0.25) is 5.91 Å². The number of aromatic nitrogens is 2. The number of hydrogen-bond donors (Lipinski definition) is 1. The van der Waals surface area contributed by atoms with Gasteiger partial charge >= 0.3 is 0 Å². The van der Waals surface area contributed by atoms with Crippen molar-refractivity contribution < 1.29 is 23.4 Å². The van der Waals surface area contributed by atoms with Crippen LogP contribution in [0.4, 0.5) is 8.78 Å². The standard InChI is InChI=1S/C29H34F2N4O3/c1-20-16-35(19-32-20)27-9-7-22(15-28(27)38-3)13-24-5-4-10-34(29(24)37)12-11-33(17-21(2)36)18-23-6-8-25(30)26(31)14-23/h6-9,13-16,19,21,36H,4-5,10-12,17-18H2,1-3H3/b24-13+/t21-/m0/s1. The highest BCUT2D eigenvalue weighted by molar-refractivity contribution is 5.98. The quantitative estimate of drug-likeness (QED) is 0.399. The van der Waals surface area contributed by atoms with E-state index in [0.717, 1.165) is 35.0 Å². The number of hydrogen-bond acceptors (Lipinski definition) is 5. The third kappa shape index (κ3) is 6.85. The van der Waals surface area contributed by atoms with Crippen LogP contribution in [0, 0.1) is 18.6 Å². The molecule has 38 heavy (non-hydrogen) atoms. The lowest BCUT2D eigenvalue weighted by Crippen LogP contribution is -2.43. The molecule has 3 aromatic rings. The van der Waals surface area contributed by atoms with Crippen molar-refractivity contribution in [3.63, 3.8) is 0 Å². The van der Waals surface area contributed by atoms with Gasteiger partial charge in [0.25, 0.3) is 0 Å². The monoisotopic (exact) mass is 524 g/mol. The van der Waals surface area contributed by atoms with E-state index in [1.54, 1.807) is 20.4 Å². The molecule has 7 nitrogen and oxygen atoms in total. The van der Waals surface area contributed by atoms with Crippen molar-refractivity contribution in [1.29, 1.82) is 0 Å². The molecule has 1 aliphatic rings. The summed E-state index contributed by atoms with van der Waals surface area (Å²) >= 11 is 0. The van der Waals surface area contributed by atoms with Gasteiger partial charge in [-0.1, -0.05) is 12.1 Å². The molecule has 1 aliphatic heterocycles. The Morgan fingerprint density at radius 2 is 2.03 bits per heavy atom. The molecule has 1 saturated heterocycles. The van der Waals surface area contributed by atoms with Crippen molar-refractivity contribution in [2.45, 2.75) is 39.3 Å². The predicted molar refractivity (Wildman–Crippen MR) is 142 cm³/mol. The normalized spacial score (nSPS) is 15.9. The topological polar surface area (TPSA) is 70.8 Å². The summed E-state index contributed by atoms with van der Waals surface area (Å²) in [5.41, 5.74) is 3.99. The van der Waals surface area contributed by atoms with Crippen molar-refractivity contribution in [3.05, 3.63) is 83.0 Å². The molecule has 0 unspecified atom stereocenters. The first-order valence-electron chi connectivity index (χ1n) is 12.8. The fourth-order valence-corrected chi connectivity index (χ4v) is 4.74. The number of imidazole rings is 1. The maximum Gasteiger partial charge on any atom is 0.249 e. The van der Waals surface area contributed by atoms with Crippen molar-refractivity contribution in [3.8, 4) is 11.4 Å². The van der Waals surface area contributed by atoms with E-state index in [1.807, 2.05) is 51.8 Å². The maximum absolute atomic E-state index is 13.7. The van der Waals surface area contributed by atoms with Crippen LogP contribution in [0.5, 0.6) is 5.75 Å². The van der Waals surface area contributed by atoms with Crippen molar-refractivity contribution in [1.82, 2.24) is 19.4 Å². The number of methoxy groups -OCH3 is 1.